The summed E-state index contributed by atoms with van der Waals surface area (Å²) in [7, 11) is 0. The SMILES string of the molecule is Cc1ccc(-c2noc(C(=O)N3CCN(C(C)C(O)(Cn4cncn4)c4ccc(F)cc4F)CC3)n2)cc1. The number of carbonyl (C=O) groups excluding carboxylic acids is 1. The van der Waals surface area contributed by atoms with Crippen molar-refractivity contribution in [1.29, 1.82) is 0 Å². The number of hydrogen-bond acceptors (Lipinski definition) is 8. The zero-order valence-corrected chi connectivity index (χ0v) is 21.0. The van der Waals surface area contributed by atoms with Gasteiger partial charge in [-0.3, -0.25) is 9.69 Å². The van der Waals surface area contributed by atoms with Gasteiger partial charge >= 0.3 is 11.8 Å². The first-order valence-electron chi connectivity index (χ1n) is 12.2. The van der Waals surface area contributed by atoms with Crippen LogP contribution in [-0.2, 0) is 12.1 Å². The highest BCUT2D eigenvalue weighted by Crippen LogP contribution is 2.33. The highest BCUT2D eigenvalue weighted by molar-refractivity contribution is 5.90. The van der Waals surface area contributed by atoms with Crippen LogP contribution >= 0.6 is 0 Å². The second-order valence-electron chi connectivity index (χ2n) is 9.43. The van der Waals surface area contributed by atoms with Gasteiger partial charge in [0.2, 0.25) is 5.82 Å². The minimum absolute atomic E-state index is 0.0464. The van der Waals surface area contributed by atoms with E-state index in [9.17, 15) is 18.7 Å². The normalized spacial score (nSPS) is 16.8. The average Bonchev–Trinajstić information content (AvgIpc) is 3.61. The summed E-state index contributed by atoms with van der Waals surface area (Å²) in [5.74, 6) is -1.74. The maximum Gasteiger partial charge on any atom is 0.316 e. The molecule has 12 heteroatoms. The summed E-state index contributed by atoms with van der Waals surface area (Å²) in [6, 6.07) is 10.1. The lowest BCUT2D eigenvalue weighted by Crippen LogP contribution is -2.58. The number of hydrogen-bond donors (Lipinski definition) is 1. The summed E-state index contributed by atoms with van der Waals surface area (Å²) in [4.78, 5) is 24.8. The van der Waals surface area contributed by atoms with Crippen LogP contribution in [0.2, 0.25) is 0 Å². The maximum absolute atomic E-state index is 14.9. The summed E-state index contributed by atoms with van der Waals surface area (Å²) in [5, 5.41) is 19.8. The van der Waals surface area contributed by atoms with Gasteiger partial charge in [-0.05, 0) is 19.9 Å². The molecule has 10 nitrogen and oxygen atoms in total. The van der Waals surface area contributed by atoms with Crippen LogP contribution < -0.4 is 0 Å². The van der Waals surface area contributed by atoms with Crippen LogP contribution in [0.15, 0.2) is 59.6 Å². The Morgan fingerprint density at radius 3 is 2.53 bits per heavy atom. The van der Waals surface area contributed by atoms with E-state index < -0.39 is 23.3 Å². The number of rotatable bonds is 7. The van der Waals surface area contributed by atoms with Gasteiger partial charge in [-0.2, -0.15) is 10.1 Å². The smallest absolute Gasteiger partial charge is 0.316 e. The Labute approximate surface area is 217 Å². The Balaban J connectivity index is 1.30. The van der Waals surface area contributed by atoms with E-state index in [1.54, 1.807) is 11.8 Å². The fourth-order valence-corrected chi connectivity index (χ4v) is 4.72. The average molecular weight is 524 g/mol. The van der Waals surface area contributed by atoms with E-state index in [1.807, 2.05) is 36.1 Å². The van der Waals surface area contributed by atoms with E-state index in [4.69, 9.17) is 4.52 Å². The standard InChI is InChI=1S/C26H27F2N7O3/c1-17-3-5-19(6-4-17)23-31-24(38-32-23)25(36)34-11-9-33(10-12-34)18(2)26(37,14-35-16-29-15-30-35)21-8-7-20(27)13-22(21)28/h3-8,13,15-16,18,37H,9-12,14H2,1-2H3. The lowest BCUT2D eigenvalue weighted by Gasteiger charge is -2.44. The molecule has 5 rings (SSSR count). The van der Waals surface area contributed by atoms with Crippen LogP contribution in [0, 0.1) is 18.6 Å². The molecule has 2 aromatic heterocycles. The number of aryl methyl sites for hydroxylation is 1. The van der Waals surface area contributed by atoms with Gasteiger partial charge in [-0.15, -0.1) is 0 Å². The molecule has 0 bridgehead atoms. The Morgan fingerprint density at radius 2 is 1.87 bits per heavy atom. The molecule has 2 aromatic carbocycles. The number of aromatic nitrogens is 5. The van der Waals surface area contributed by atoms with Crippen LogP contribution in [-0.4, -0.2) is 77.9 Å². The number of halogens is 2. The highest BCUT2D eigenvalue weighted by atomic mass is 19.1. The first-order valence-corrected chi connectivity index (χ1v) is 12.2. The lowest BCUT2D eigenvalue weighted by atomic mass is 9.85. The minimum Gasteiger partial charge on any atom is -0.381 e. The molecule has 1 amide bonds. The molecule has 3 heterocycles. The summed E-state index contributed by atoms with van der Waals surface area (Å²) >= 11 is 0. The Hall–Kier alpha value is -4.03. The second kappa shape index (κ2) is 10.4. The zero-order chi connectivity index (χ0) is 26.9. The van der Waals surface area contributed by atoms with E-state index in [1.165, 1.54) is 23.4 Å². The molecule has 1 saturated heterocycles. The van der Waals surface area contributed by atoms with Gasteiger partial charge in [0.15, 0.2) is 0 Å². The molecular formula is C26H27F2N7O3. The molecule has 2 unspecified atom stereocenters. The summed E-state index contributed by atoms with van der Waals surface area (Å²) < 4.78 is 35.1. The molecule has 1 N–H and O–H groups in total. The van der Waals surface area contributed by atoms with Gasteiger partial charge < -0.3 is 14.5 Å². The second-order valence-corrected chi connectivity index (χ2v) is 9.43. The molecule has 0 saturated carbocycles. The number of amides is 1. The molecular weight excluding hydrogens is 496 g/mol. The summed E-state index contributed by atoms with van der Waals surface area (Å²) in [6.07, 6.45) is 2.74. The van der Waals surface area contributed by atoms with Crippen molar-refractivity contribution in [3.8, 4) is 11.4 Å². The maximum atomic E-state index is 14.9. The van der Waals surface area contributed by atoms with Gasteiger partial charge in [0.05, 0.1) is 6.54 Å². The third-order valence-electron chi connectivity index (χ3n) is 7.03. The van der Waals surface area contributed by atoms with Crippen molar-refractivity contribution >= 4 is 5.91 Å². The van der Waals surface area contributed by atoms with Crippen LogP contribution in [0.25, 0.3) is 11.4 Å². The van der Waals surface area contributed by atoms with Crippen molar-refractivity contribution in [2.24, 2.45) is 0 Å². The van der Waals surface area contributed by atoms with Crippen molar-refractivity contribution in [3.63, 3.8) is 0 Å². The van der Waals surface area contributed by atoms with E-state index in [2.05, 4.69) is 20.2 Å². The largest absolute Gasteiger partial charge is 0.381 e. The lowest BCUT2D eigenvalue weighted by molar-refractivity contribution is -0.0720. The molecule has 2 atom stereocenters. The zero-order valence-electron chi connectivity index (χ0n) is 21.0. The number of aliphatic hydroxyl groups is 1. The van der Waals surface area contributed by atoms with Crippen LogP contribution in [0.4, 0.5) is 8.78 Å². The fraction of sp³-hybridized carbons (Fsp3) is 0.346. The van der Waals surface area contributed by atoms with Crippen LogP contribution in [0.5, 0.6) is 0 Å². The number of nitrogens with zero attached hydrogens (tertiary/aromatic N) is 7. The third kappa shape index (κ3) is 5.04. The van der Waals surface area contributed by atoms with E-state index in [0.717, 1.165) is 23.3 Å². The van der Waals surface area contributed by atoms with Crippen LogP contribution in [0.3, 0.4) is 0 Å². The fourth-order valence-electron chi connectivity index (χ4n) is 4.72. The minimum atomic E-state index is -1.76. The molecule has 1 aliphatic rings. The summed E-state index contributed by atoms with van der Waals surface area (Å²) in [6.45, 7) is 5.10. The Kier molecular flexibility index (Phi) is 7.00. The molecule has 0 aliphatic carbocycles. The summed E-state index contributed by atoms with van der Waals surface area (Å²) in [5.41, 5.74) is 0.0373. The van der Waals surface area contributed by atoms with Crippen LogP contribution in [0.1, 0.15) is 28.7 Å². The molecule has 4 aromatic rings. The van der Waals surface area contributed by atoms with Gasteiger partial charge in [0.25, 0.3) is 0 Å². The molecule has 0 spiro atoms. The quantitative estimate of drug-likeness (QED) is 0.393. The van der Waals surface area contributed by atoms with E-state index >= 15 is 0 Å². The third-order valence-corrected chi connectivity index (χ3v) is 7.03. The predicted octanol–water partition coefficient (Wildman–Crippen LogP) is 2.65. The number of piperazine rings is 1. The first-order chi connectivity index (χ1) is 18.2. The number of benzene rings is 2. The Morgan fingerprint density at radius 1 is 1.13 bits per heavy atom. The molecule has 0 radical (unpaired) electrons. The molecule has 38 heavy (non-hydrogen) atoms. The Bertz CT molecular complexity index is 1400. The molecule has 1 fully saturated rings. The van der Waals surface area contributed by atoms with Gasteiger partial charge in [-0.1, -0.05) is 41.1 Å². The predicted molar refractivity (Wildman–Crippen MR) is 132 cm³/mol. The van der Waals surface area contributed by atoms with Crippen molar-refractivity contribution in [3.05, 3.63) is 83.8 Å². The van der Waals surface area contributed by atoms with Gasteiger partial charge in [0, 0.05) is 49.4 Å². The number of carbonyl (C=O) groups is 1. The van der Waals surface area contributed by atoms with Gasteiger partial charge in [-0.25, -0.2) is 18.4 Å². The van der Waals surface area contributed by atoms with Crippen molar-refractivity contribution < 1.29 is 23.2 Å². The van der Waals surface area contributed by atoms with E-state index in [-0.39, 0.29) is 23.9 Å². The van der Waals surface area contributed by atoms with E-state index in [0.29, 0.717) is 32.0 Å². The first kappa shape index (κ1) is 25.6. The molecule has 198 valence electrons. The molecule has 1 aliphatic heterocycles. The van der Waals surface area contributed by atoms with Crippen molar-refractivity contribution in [1.82, 2.24) is 34.7 Å². The highest BCUT2D eigenvalue weighted by Gasteiger charge is 2.43. The topological polar surface area (TPSA) is 113 Å². The van der Waals surface area contributed by atoms with Crippen molar-refractivity contribution in [2.75, 3.05) is 26.2 Å². The van der Waals surface area contributed by atoms with Crippen molar-refractivity contribution in [2.45, 2.75) is 32.0 Å². The monoisotopic (exact) mass is 523 g/mol. The van der Waals surface area contributed by atoms with Gasteiger partial charge in [0.1, 0.15) is 29.9 Å².